The molecule has 0 bridgehead atoms. The molecule has 1 saturated heterocycles. The van der Waals surface area contributed by atoms with Gasteiger partial charge >= 0.3 is 0 Å². The summed E-state index contributed by atoms with van der Waals surface area (Å²) in [6.45, 7) is 5.94. The highest BCUT2D eigenvalue weighted by atomic mass is 16.2. The van der Waals surface area contributed by atoms with E-state index in [1.807, 2.05) is 14.1 Å². The molecule has 2 aromatic rings. The standard InChI is InChI=1S/C25H37N5O/c1-27(2)23-12-10-22(11-13-23)24(28(3)4)18-26-25(31)20-30-16-14-29(15-17-30)19-21-8-6-5-7-9-21/h5-13,24H,14-20H2,1-4H3,(H,26,31). The second-order valence-corrected chi connectivity index (χ2v) is 8.81. The van der Waals surface area contributed by atoms with E-state index in [0.717, 1.165) is 32.7 Å². The molecule has 1 unspecified atom stereocenters. The van der Waals surface area contributed by atoms with E-state index in [1.165, 1.54) is 16.8 Å². The molecule has 6 nitrogen and oxygen atoms in total. The molecule has 1 N–H and O–H groups in total. The summed E-state index contributed by atoms with van der Waals surface area (Å²) in [6.07, 6.45) is 0. The van der Waals surface area contributed by atoms with E-state index in [2.05, 4.69) is 93.6 Å². The number of amides is 1. The third kappa shape index (κ3) is 7.06. The number of anilines is 1. The van der Waals surface area contributed by atoms with Gasteiger partial charge < -0.3 is 15.1 Å². The maximum atomic E-state index is 12.6. The molecule has 1 aliphatic heterocycles. The van der Waals surface area contributed by atoms with Crippen molar-refractivity contribution in [3.63, 3.8) is 0 Å². The summed E-state index contributed by atoms with van der Waals surface area (Å²) < 4.78 is 0. The molecule has 31 heavy (non-hydrogen) atoms. The lowest BCUT2D eigenvalue weighted by atomic mass is 10.1. The second-order valence-electron chi connectivity index (χ2n) is 8.81. The van der Waals surface area contributed by atoms with Crippen LogP contribution in [0.25, 0.3) is 0 Å². The molecule has 168 valence electrons. The van der Waals surface area contributed by atoms with Crippen LogP contribution in [0.5, 0.6) is 0 Å². The number of hydrogen-bond donors (Lipinski definition) is 1. The van der Waals surface area contributed by atoms with Crippen molar-refractivity contribution in [1.29, 1.82) is 0 Å². The third-order valence-electron chi connectivity index (χ3n) is 5.99. The summed E-state index contributed by atoms with van der Waals surface area (Å²) in [5, 5.41) is 3.15. The van der Waals surface area contributed by atoms with Crippen LogP contribution < -0.4 is 10.2 Å². The topological polar surface area (TPSA) is 42.1 Å². The average Bonchev–Trinajstić information content (AvgIpc) is 2.76. The van der Waals surface area contributed by atoms with Gasteiger partial charge in [0.2, 0.25) is 5.91 Å². The van der Waals surface area contributed by atoms with Gasteiger partial charge in [-0.1, -0.05) is 42.5 Å². The zero-order chi connectivity index (χ0) is 22.2. The Kier molecular flexibility index (Phi) is 8.46. The molecular formula is C25H37N5O. The Hall–Kier alpha value is -2.41. The molecule has 6 heteroatoms. The van der Waals surface area contributed by atoms with Crippen LogP contribution in [0.4, 0.5) is 5.69 Å². The molecule has 0 aliphatic carbocycles. The molecule has 1 fully saturated rings. The molecule has 1 amide bonds. The van der Waals surface area contributed by atoms with Crippen molar-refractivity contribution in [2.75, 3.05) is 72.4 Å². The minimum absolute atomic E-state index is 0.105. The first-order valence-electron chi connectivity index (χ1n) is 11.1. The van der Waals surface area contributed by atoms with Crippen LogP contribution in [0, 0.1) is 0 Å². The van der Waals surface area contributed by atoms with E-state index < -0.39 is 0 Å². The van der Waals surface area contributed by atoms with Crippen molar-refractivity contribution in [2.24, 2.45) is 0 Å². The number of likely N-dealkylation sites (N-methyl/N-ethyl adjacent to an activating group) is 1. The molecule has 0 radical (unpaired) electrons. The molecule has 0 saturated carbocycles. The quantitative estimate of drug-likeness (QED) is 0.670. The Morgan fingerprint density at radius 2 is 1.52 bits per heavy atom. The lowest BCUT2D eigenvalue weighted by Crippen LogP contribution is -2.49. The minimum atomic E-state index is 0.105. The van der Waals surface area contributed by atoms with E-state index in [9.17, 15) is 4.79 Å². The van der Waals surface area contributed by atoms with Crippen molar-refractivity contribution in [1.82, 2.24) is 20.0 Å². The number of hydrogen-bond acceptors (Lipinski definition) is 5. The maximum Gasteiger partial charge on any atom is 0.234 e. The maximum absolute atomic E-state index is 12.6. The highest BCUT2D eigenvalue weighted by Crippen LogP contribution is 2.21. The first-order chi connectivity index (χ1) is 14.9. The van der Waals surface area contributed by atoms with Crippen LogP contribution >= 0.6 is 0 Å². The van der Waals surface area contributed by atoms with Gasteiger partial charge in [-0.3, -0.25) is 14.6 Å². The van der Waals surface area contributed by atoms with Crippen LogP contribution in [0.2, 0.25) is 0 Å². The van der Waals surface area contributed by atoms with Crippen molar-refractivity contribution in [2.45, 2.75) is 12.6 Å². The van der Waals surface area contributed by atoms with Crippen LogP contribution in [-0.4, -0.2) is 88.1 Å². The Labute approximate surface area is 187 Å². The predicted octanol–water partition coefficient (Wildman–Crippen LogP) is 2.29. The molecule has 2 aromatic carbocycles. The van der Waals surface area contributed by atoms with Gasteiger partial charge in [-0.2, -0.15) is 0 Å². The van der Waals surface area contributed by atoms with Gasteiger partial charge in [-0.25, -0.2) is 0 Å². The molecular weight excluding hydrogens is 386 g/mol. The lowest BCUT2D eigenvalue weighted by molar-refractivity contribution is -0.122. The van der Waals surface area contributed by atoms with Gasteiger partial charge in [0.25, 0.3) is 0 Å². The van der Waals surface area contributed by atoms with Crippen LogP contribution in [0.3, 0.4) is 0 Å². The van der Waals surface area contributed by atoms with Crippen LogP contribution in [0.1, 0.15) is 17.2 Å². The Balaban J connectivity index is 1.43. The summed E-state index contributed by atoms with van der Waals surface area (Å²) in [6, 6.07) is 19.3. The smallest absolute Gasteiger partial charge is 0.234 e. The van der Waals surface area contributed by atoms with Gasteiger partial charge in [0.1, 0.15) is 0 Å². The number of carbonyl (C=O) groups excluding carboxylic acids is 1. The zero-order valence-electron chi connectivity index (χ0n) is 19.4. The number of nitrogens with zero attached hydrogens (tertiary/aromatic N) is 4. The average molecular weight is 424 g/mol. The fourth-order valence-corrected chi connectivity index (χ4v) is 4.01. The fourth-order valence-electron chi connectivity index (χ4n) is 4.01. The minimum Gasteiger partial charge on any atom is -0.378 e. The van der Waals surface area contributed by atoms with Crippen molar-refractivity contribution < 1.29 is 4.79 Å². The number of nitrogens with one attached hydrogen (secondary N) is 1. The highest BCUT2D eigenvalue weighted by Gasteiger charge is 2.20. The summed E-state index contributed by atoms with van der Waals surface area (Å²) >= 11 is 0. The molecule has 0 spiro atoms. The number of rotatable bonds is 9. The van der Waals surface area contributed by atoms with Crippen LogP contribution in [-0.2, 0) is 11.3 Å². The zero-order valence-corrected chi connectivity index (χ0v) is 19.4. The predicted molar refractivity (Wildman–Crippen MR) is 128 cm³/mol. The monoisotopic (exact) mass is 423 g/mol. The summed E-state index contributed by atoms with van der Waals surface area (Å²) in [5.41, 5.74) is 3.74. The Morgan fingerprint density at radius 1 is 0.903 bits per heavy atom. The van der Waals surface area contributed by atoms with Gasteiger partial charge in [0.05, 0.1) is 12.6 Å². The van der Waals surface area contributed by atoms with E-state index >= 15 is 0 Å². The second kappa shape index (κ2) is 11.3. The normalized spacial score (nSPS) is 16.3. The molecule has 1 aliphatic rings. The molecule has 1 heterocycles. The largest absolute Gasteiger partial charge is 0.378 e. The Morgan fingerprint density at radius 3 is 2.10 bits per heavy atom. The van der Waals surface area contributed by atoms with E-state index in [-0.39, 0.29) is 11.9 Å². The van der Waals surface area contributed by atoms with Crippen molar-refractivity contribution >= 4 is 11.6 Å². The summed E-state index contributed by atoms with van der Waals surface area (Å²) in [7, 11) is 8.20. The van der Waals surface area contributed by atoms with Crippen molar-refractivity contribution in [3.8, 4) is 0 Å². The van der Waals surface area contributed by atoms with E-state index in [1.54, 1.807) is 0 Å². The van der Waals surface area contributed by atoms with Gasteiger partial charge in [-0.05, 0) is 37.4 Å². The number of benzene rings is 2. The lowest BCUT2D eigenvalue weighted by Gasteiger charge is -2.34. The molecule has 1 atom stereocenters. The molecule has 0 aromatic heterocycles. The SMILES string of the molecule is CN(C)c1ccc(C(CNC(=O)CN2CCN(Cc3ccccc3)CC2)N(C)C)cc1. The van der Waals surface area contributed by atoms with Gasteiger partial charge in [0.15, 0.2) is 0 Å². The van der Waals surface area contributed by atoms with E-state index in [4.69, 9.17) is 0 Å². The highest BCUT2D eigenvalue weighted by molar-refractivity contribution is 5.78. The molecule has 3 rings (SSSR count). The summed E-state index contributed by atoms with van der Waals surface area (Å²) in [4.78, 5) is 21.6. The fraction of sp³-hybridized carbons (Fsp3) is 0.480. The first-order valence-corrected chi connectivity index (χ1v) is 11.1. The number of carbonyl (C=O) groups is 1. The summed E-state index contributed by atoms with van der Waals surface area (Å²) in [5.74, 6) is 0.105. The number of piperazine rings is 1. The Bertz CT molecular complexity index is 798. The van der Waals surface area contributed by atoms with Gasteiger partial charge in [-0.15, -0.1) is 0 Å². The van der Waals surface area contributed by atoms with Gasteiger partial charge in [0, 0.05) is 59.1 Å². The van der Waals surface area contributed by atoms with E-state index in [0.29, 0.717) is 13.1 Å². The van der Waals surface area contributed by atoms with Crippen LogP contribution in [0.15, 0.2) is 54.6 Å². The van der Waals surface area contributed by atoms with Crippen molar-refractivity contribution in [3.05, 3.63) is 65.7 Å². The first kappa shape index (κ1) is 23.3. The third-order valence-corrected chi connectivity index (χ3v) is 5.99.